The van der Waals surface area contributed by atoms with Crippen LogP contribution < -0.4 is 0 Å². The van der Waals surface area contributed by atoms with Gasteiger partial charge in [-0.25, -0.2) is 0 Å². The molecule has 0 aromatic heterocycles. The quantitative estimate of drug-likeness (QED) is 0.449. The minimum absolute atomic E-state index is 0. The van der Waals surface area contributed by atoms with Crippen molar-refractivity contribution in [3.63, 3.8) is 0 Å². The third kappa shape index (κ3) is 8.82. The Balaban J connectivity index is -0.00000000500. The van der Waals surface area contributed by atoms with Crippen LogP contribution in [0.3, 0.4) is 0 Å². The van der Waals surface area contributed by atoms with Crippen LogP contribution in [0, 0.1) is 0 Å². The Morgan fingerprint density at radius 2 is 1.25 bits per heavy atom. The minimum atomic E-state index is 0. The van der Waals surface area contributed by atoms with Gasteiger partial charge in [0, 0.05) is 55.0 Å². The fourth-order valence-corrected chi connectivity index (χ4v) is 0. The monoisotopic (exact) mass is 462 g/mol. The van der Waals surface area contributed by atoms with E-state index in [1.807, 2.05) is 0 Å². The van der Waals surface area contributed by atoms with E-state index in [2.05, 4.69) is 0 Å². The van der Waals surface area contributed by atoms with E-state index in [0.29, 0.717) is 22.3 Å². The molecule has 4 heavy (non-hydrogen) atoms. The molecular formula is CdHgOTe+. The van der Waals surface area contributed by atoms with Gasteiger partial charge in [0.1, 0.15) is 0 Å². The van der Waals surface area contributed by atoms with Crippen LogP contribution in [-0.4, -0.2) is 22.3 Å². The van der Waals surface area contributed by atoms with Crippen LogP contribution in [0.4, 0.5) is 0 Å². The summed E-state index contributed by atoms with van der Waals surface area (Å²) >= 11 is 0.700. The van der Waals surface area contributed by atoms with Gasteiger partial charge in [0.15, 0.2) is 0 Å². The van der Waals surface area contributed by atoms with E-state index >= 15 is 0 Å². The molecule has 0 aliphatic heterocycles. The van der Waals surface area contributed by atoms with Gasteiger partial charge in [-0.05, 0) is 0 Å². The average Bonchev–Trinajstić information content (AvgIpc) is 1.00. The summed E-state index contributed by atoms with van der Waals surface area (Å²) in [7, 11) is 0. The summed E-state index contributed by atoms with van der Waals surface area (Å²) < 4.78 is 8.26. The van der Waals surface area contributed by atoms with Crippen molar-refractivity contribution in [2.45, 2.75) is 0 Å². The van der Waals surface area contributed by atoms with Crippen LogP contribution in [0.25, 0.3) is 0 Å². The molecule has 0 spiro atoms. The first kappa shape index (κ1) is 16.1. The smallest absolute Gasteiger partial charge is 0 e. The molecular weight excluding hydrogens is 457 g/mol. The Labute approximate surface area is 78.9 Å². The molecule has 0 atom stereocenters. The van der Waals surface area contributed by atoms with Crippen LogP contribution in [-0.2, 0) is 58.1 Å². The molecule has 0 N–H and O–H groups in total. The summed E-state index contributed by atoms with van der Waals surface area (Å²) in [4.78, 5) is 0. The van der Waals surface area contributed by atoms with E-state index in [1.165, 1.54) is 0 Å². The molecule has 0 bridgehead atoms. The molecule has 0 aromatic rings. The number of hydrogen-bond acceptors (Lipinski definition) is 1. The van der Waals surface area contributed by atoms with Crippen LogP contribution in [0.2, 0.25) is 0 Å². The van der Waals surface area contributed by atoms with Crippen molar-refractivity contribution >= 4 is 22.3 Å². The molecule has 0 aliphatic rings. The molecule has 1 nitrogen and oxygen atoms in total. The molecule has 0 fully saturated rings. The van der Waals surface area contributed by atoms with E-state index in [1.54, 1.807) is 0 Å². The normalized spacial score (nSPS) is 1.00. The van der Waals surface area contributed by atoms with Gasteiger partial charge in [-0.3, -0.25) is 0 Å². The summed E-state index contributed by atoms with van der Waals surface area (Å²) in [5.74, 6) is 0. The molecule has 0 amide bonds. The summed E-state index contributed by atoms with van der Waals surface area (Å²) in [6, 6.07) is 0. The first-order chi connectivity index (χ1) is 1.00. The van der Waals surface area contributed by atoms with Gasteiger partial charge in [0.25, 0.3) is 0 Å². The van der Waals surface area contributed by atoms with Gasteiger partial charge in [0.2, 0.25) is 0 Å². The topological polar surface area (TPSA) is 17.1 Å². The third-order valence-corrected chi connectivity index (χ3v) is 0. The Kier molecular flexibility index (Phi) is 72.4. The van der Waals surface area contributed by atoms with Crippen LogP contribution >= 0.6 is 0 Å². The Morgan fingerprint density at radius 1 is 1.25 bits per heavy atom. The second-order valence-electron chi connectivity index (χ2n) is 0. The van der Waals surface area contributed by atoms with Gasteiger partial charge in [0.05, 0.1) is 0 Å². The van der Waals surface area contributed by atoms with Crippen molar-refractivity contribution in [1.82, 2.24) is 0 Å². The molecule has 0 aliphatic carbocycles. The first-order valence-electron chi connectivity index (χ1n) is 0.167. The summed E-state index contributed by atoms with van der Waals surface area (Å²) in [5.41, 5.74) is 0. The second-order valence-corrected chi connectivity index (χ2v) is 0. The van der Waals surface area contributed by atoms with Gasteiger partial charge in [-0.2, -0.15) is 0 Å². The molecule has 0 unspecified atom stereocenters. The molecule has 15 valence electrons. The maximum atomic E-state index is 8.26. The van der Waals surface area contributed by atoms with Crippen LogP contribution in [0.15, 0.2) is 0 Å². The Morgan fingerprint density at radius 3 is 1.25 bits per heavy atom. The van der Waals surface area contributed by atoms with Crippen molar-refractivity contribution in [3.05, 3.63) is 0 Å². The van der Waals surface area contributed by atoms with Crippen molar-refractivity contribution in [1.29, 1.82) is 0 Å². The molecule has 0 rings (SSSR count). The zero-order chi connectivity index (χ0) is 2.00. The summed E-state index contributed by atoms with van der Waals surface area (Å²) in [6.45, 7) is 0. The van der Waals surface area contributed by atoms with Crippen molar-refractivity contribution < 1.29 is 58.1 Å². The average molecular weight is 457 g/mol. The SMILES string of the molecule is O=[Te+].[Cd].[Hg]. The minimum Gasteiger partial charge on any atom is 0 e. The standard InChI is InChI=1S/Cd.Hg.OTe/c;;1-2/q;;+1. The molecule has 0 saturated heterocycles. The summed E-state index contributed by atoms with van der Waals surface area (Å²) in [6.07, 6.45) is 0. The number of hydrogen-bond donors (Lipinski definition) is 0. The van der Waals surface area contributed by atoms with Crippen molar-refractivity contribution in [2.24, 2.45) is 0 Å². The van der Waals surface area contributed by atoms with E-state index in [0.717, 1.165) is 0 Å². The van der Waals surface area contributed by atoms with E-state index in [-0.39, 0.29) is 55.0 Å². The Bertz CT molecular complexity index is 8.00. The zero-order valence-corrected chi connectivity index (χ0v) is 14.1. The predicted octanol–water partition coefficient (Wildman–Crippen LogP) is -0.505. The molecule has 0 aromatic carbocycles. The molecule has 1 radical (unpaired) electrons. The van der Waals surface area contributed by atoms with Crippen LogP contribution in [0.1, 0.15) is 0 Å². The van der Waals surface area contributed by atoms with E-state index in [9.17, 15) is 0 Å². The van der Waals surface area contributed by atoms with Gasteiger partial charge in [-0.1, -0.05) is 0 Å². The molecule has 0 heterocycles. The van der Waals surface area contributed by atoms with Gasteiger partial charge < -0.3 is 0 Å². The predicted molar refractivity (Wildman–Crippen MR) is 6.44 cm³/mol. The fourth-order valence-electron chi connectivity index (χ4n) is 0. The van der Waals surface area contributed by atoms with Gasteiger partial charge in [-0.15, -0.1) is 0 Å². The largest absolute Gasteiger partial charge is 0 e. The van der Waals surface area contributed by atoms with Gasteiger partial charge >= 0.3 is 25.4 Å². The second kappa shape index (κ2) is 18.0. The van der Waals surface area contributed by atoms with E-state index in [4.69, 9.17) is 3.10 Å². The maximum absolute atomic E-state index is 8.26. The van der Waals surface area contributed by atoms with Crippen molar-refractivity contribution in [2.75, 3.05) is 0 Å². The van der Waals surface area contributed by atoms with E-state index < -0.39 is 0 Å². The Hall–Kier alpha value is 2.45. The third-order valence-electron chi connectivity index (χ3n) is 0. The molecule has 0 saturated carbocycles. The van der Waals surface area contributed by atoms with Crippen molar-refractivity contribution in [3.8, 4) is 0 Å². The summed E-state index contributed by atoms with van der Waals surface area (Å²) in [5, 5.41) is 0. The van der Waals surface area contributed by atoms with Crippen LogP contribution in [0.5, 0.6) is 0 Å². The number of rotatable bonds is 0. The zero-order valence-electron chi connectivity index (χ0n) is 2.23. The molecule has 4 heteroatoms. The first-order valence-corrected chi connectivity index (χ1v) is 1.12. The fraction of sp³-hybridized carbons (Fsp3) is 0. The maximum Gasteiger partial charge on any atom is 0 e.